The third-order valence-electron chi connectivity index (χ3n) is 5.45. The molecule has 162 valence electrons. The summed E-state index contributed by atoms with van der Waals surface area (Å²) in [7, 11) is 1.63. The van der Waals surface area contributed by atoms with Crippen LogP contribution in [0.1, 0.15) is 30.1 Å². The van der Waals surface area contributed by atoms with E-state index in [0.717, 1.165) is 33.7 Å². The number of para-hydroxylation sites is 1. The van der Waals surface area contributed by atoms with Crippen molar-refractivity contribution in [1.82, 2.24) is 34.5 Å². The van der Waals surface area contributed by atoms with Gasteiger partial charge >= 0.3 is 0 Å². The Morgan fingerprint density at radius 2 is 1.91 bits per heavy atom. The normalized spacial score (nSPS) is 11.4. The minimum atomic E-state index is 0.00814. The standard InChI is InChI=1S/C23H23N7O2/c1-15-25-22-18-6-3-4-7-19(18)29-20(26-27-23(29)30(22)28-15)8-5-9-21(31)24-14-16-10-12-17(32-2)13-11-16/h3-4,6-7,10-13H,5,8-9,14H2,1-2H3,(H,24,31). The van der Waals surface area contributed by atoms with Gasteiger partial charge in [-0.25, -0.2) is 4.98 Å². The summed E-state index contributed by atoms with van der Waals surface area (Å²) in [5.41, 5.74) is 2.77. The van der Waals surface area contributed by atoms with E-state index in [0.29, 0.717) is 37.4 Å². The Labute approximate surface area is 184 Å². The van der Waals surface area contributed by atoms with Gasteiger partial charge < -0.3 is 10.1 Å². The Balaban J connectivity index is 1.30. The molecule has 9 nitrogen and oxygen atoms in total. The first-order chi connectivity index (χ1) is 15.6. The zero-order valence-corrected chi connectivity index (χ0v) is 17.9. The van der Waals surface area contributed by atoms with Gasteiger partial charge in [-0.2, -0.15) is 4.52 Å². The summed E-state index contributed by atoms with van der Waals surface area (Å²) in [6, 6.07) is 15.7. The first-order valence-electron chi connectivity index (χ1n) is 10.5. The van der Waals surface area contributed by atoms with Gasteiger partial charge in [0.15, 0.2) is 5.65 Å². The largest absolute Gasteiger partial charge is 0.497 e. The molecule has 0 aliphatic rings. The van der Waals surface area contributed by atoms with E-state index in [1.807, 2.05) is 59.9 Å². The molecular weight excluding hydrogens is 406 g/mol. The molecule has 9 heteroatoms. The second kappa shape index (κ2) is 8.26. The molecule has 32 heavy (non-hydrogen) atoms. The van der Waals surface area contributed by atoms with Crippen molar-refractivity contribution >= 4 is 28.2 Å². The van der Waals surface area contributed by atoms with Crippen molar-refractivity contribution in [2.75, 3.05) is 7.11 Å². The fraction of sp³-hybridized carbons (Fsp3) is 0.261. The topological polar surface area (TPSA) is 98.7 Å². The first-order valence-corrected chi connectivity index (χ1v) is 10.5. The van der Waals surface area contributed by atoms with E-state index in [-0.39, 0.29) is 5.91 Å². The number of nitrogens with zero attached hydrogens (tertiary/aromatic N) is 6. The van der Waals surface area contributed by atoms with Crippen LogP contribution < -0.4 is 10.1 Å². The van der Waals surface area contributed by atoms with Crippen LogP contribution in [-0.2, 0) is 17.8 Å². The number of aromatic nitrogens is 6. The Hall–Kier alpha value is -4.01. The maximum absolute atomic E-state index is 12.3. The van der Waals surface area contributed by atoms with Crippen molar-refractivity contribution in [1.29, 1.82) is 0 Å². The number of hydrogen-bond acceptors (Lipinski definition) is 6. The fourth-order valence-electron chi connectivity index (χ4n) is 3.88. The van der Waals surface area contributed by atoms with E-state index >= 15 is 0 Å². The lowest BCUT2D eigenvalue weighted by Crippen LogP contribution is -2.22. The number of hydrogen-bond donors (Lipinski definition) is 1. The summed E-state index contributed by atoms with van der Waals surface area (Å²) in [6.07, 6.45) is 1.70. The molecule has 3 aromatic heterocycles. The van der Waals surface area contributed by atoms with Crippen LogP contribution in [0.2, 0.25) is 0 Å². The summed E-state index contributed by atoms with van der Waals surface area (Å²) in [4.78, 5) is 16.9. The lowest BCUT2D eigenvalue weighted by atomic mass is 10.2. The molecular formula is C23H23N7O2. The summed E-state index contributed by atoms with van der Waals surface area (Å²) in [6.45, 7) is 2.35. The molecule has 2 aromatic carbocycles. The van der Waals surface area contributed by atoms with Gasteiger partial charge in [0.05, 0.1) is 12.6 Å². The second-order valence-electron chi connectivity index (χ2n) is 7.64. The maximum atomic E-state index is 12.3. The number of aryl methyl sites for hydroxylation is 2. The summed E-state index contributed by atoms with van der Waals surface area (Å²) in [5.74, 6) is 2.91. The van der Waals surface area contributed by atoms with Crippen LogP contribution in [-0.4, -0.2) is 42.2 Å². The van der Waals surface area contributed by atoms with Gasteiger partial charge in [-0.15, -0.1) is 15.3 Å². The highest BCUT2D eigenvalue weighted by molar-refractivity contribution is 5.93. The van der Waals surface area contributed by atoms with Crippen molar-refractivity contribution in [2.24, 2.45) is 0 Å². The third-order valence-corrected chi connectivity index (χ3v) is 5.45. The average molecular weight is 429 g/mol. The number of carbonyl (C=O) groups excluding carboxylic acids is 1. The monoisotopic (exact) mass is 429 g/mol. The van der Waals surface area contributed by atoms with Gasteiger partial charge in [-0.05, 0) is 43.2 Å². The molecule has 0 fully saturated rings. The number of methoxy groups -OCH3 is 1. The third kappa shape index (κ3) is 3.62. The Morgan fingerprint density at radius 1 is 1.09 bits per heavy atom. The highest BCUT2D eigenvalue weighted by Crippen LogP contribution is 2.22. The van der Waals surface area contributed by atoms with E-state index in [1.54, 1.807) is 11.6 Å². The number of rotatable bonds is 7. The zero-order valence-electron chi connectivity index (χ0n) is 17.9. The van der Waals surface area contributed by atoms with Crippen molar-refractivity contribution < 1.29 is 9.53 Å². The van der Waals surface area contributed by atoms with Gasteiger partial charge in [0, 0.05) is 24.8 Å². The molecule has 0 aliphatic heterocycles. The number of ether oxygens (including phenoxy) is 1. The minimum absolute atomic E-state index is 0.00814. The molecule has 0 atom stereocenters. The molecule has 1 amide bonds. The average Bonchev–Trinajstić information content (AvgIpc) is 3.42. The molecule has 0 unspecified atom stereocenters. The molecule has 0 spiro atoms. The van der Waals surface area contributed by atoms with Crippen LogP contribution in [0, 0.1) is 6.92 Å². The minimum Gasteiger partial charge on any atom is -0.497 e. The van der Waals surface area contributed by atoms with Crippen LogP contribution in [0.3, 0.4) is 0 Å². The Kier molecular flexibility index (Phi) is 5.14. The number of amides is 1. The summed E-state index contributed by atoms with van der Waals surface area (Å²) >= 11 is 0. The SMILES string of the molecule is COc1ccc(CNC(=O)CCCc2nnc3n4nc(C)nc4c4ccccc4n23)cc1. The number of benzene rings is 2. The summed E-state index contributed by atoms with van der Waals surface area (Å²) < 4.78 is 8.89. The van der Waals surface area contributed by atoms with Crippen LogP contribution in [0.25, 0.3) is 22.3 Å². The highest BCUT2D eigenvalue weighted by atomic mass is 16.5. The van der Waals surface area contributed by atoms with E-state index < -0.39 is 0 Å². The van der Waals surface area contributed by atoms with E-state index in [1.165, 1.54) is 0 Å². The fourth-order valence-corrected chi connectivity index (χ4v) is 3.88. The molecule has 3 heterocycles. The van der Waals surface area contributed by atoms with Crippen molar-refractivity contribution in [2.45, 2.75) is 32.7 Å². The molecule has 5 aromatic rings. The molecule has 5 rings (SSSR count). The lowest BCUT2D eigenvalue weighted by molar-refractivity contribution is -0.121. The predicted octanol–water partition coefficient (Wildman–Crippen LogP) is 2.88. The van der Waals surface area contributed by atoms with Crippen LogP contribution in [0.5, 0.6) is 5.75 Å². The van der Waals surface area contributed by atoms with E-state index in [9.17, 15) is 4.79 Å². The molecule has 0 bridgehead atoms. The van der Waals surface area contributed by atoms with Crippen LogP contribution >= 0.6 is 0 Å². The van der Waals surface area contributed by atoms with E-state index in [2.05, 4.69) is 25.6 Å². The Bertz CT molecular complexity index is 1420. The van der Waals surface area contributed by atoms with Crippen molar-refractivity contribution in [3.05, 3.63) is 65.7 Å². The summed E-state index contributed by atoms with van der Waals surface area (Å²) in [5, 5.41) is 17.2. The number of fused-ring (bicyclic) bond motifs is 6. The van der Waals surface area contributed by atoms with Crippen LogP contribution in [0.15, 0.2) is 48.5 Å². The molecule has 0 aliphatic carbocycles. The zero-order chi connectivity index (χ0) is 22.1. The van der Waals surface area contributed by atoms with Gasteiger partial charge in [0.1, 0.15) is 17.4 Å². The molecule has 0 radical (unpaired) electrons. The first kappa shape index (κ1) is 19.9. The molecule has 0 saturated heterocycles. The molecule has 1 N–H and O–H groups in total. The van der Waals surface area contributed by atoms with Gasteiger partial charge in [-0.3, -0.25) is 9.20 Å². The highest BCUT2D eigenvalue weighted by Gasteiger charge is 2.16. The van der Waals surface area contributed by atoms with Crippen LogP contribution in [0.4, 0.5) is 0 Å². The smallest absolute Gasteiger partial charge is 0.258 e. The Morgan fingerprint density at radius 3 is 2.72 bits per heavy atom. The van der Waals surface area contributed by atoms with Gasteiger partial charge in [0.2, 0.25) is 5.91 Å². The number of carbonyl (C=O) groups is 1. The van der Waals surface area contributed by atoms with E-state index in [4.69, 9.17) is 4.74 Å². The maximum Gasteiger partial charge on any atom is 0.258 e. The van der Waals surface area contributed by atoms with Gasteiger partial charge in [-0.1, -0.05) is 24.3 Å². The second-order valence-corrected chi connectivity index (χ2v) is 7.64. The number of nitrogens with one attached hydrogen (secondary N) is 1. The lowest BCUT2D eigenvalue weighted by Gasteiger charge is -2.07. The van der Waals surface area contributed by atoms with Crippen molar-refractivity contribution in [3.8, 4) is 5.75 Å². The molecule has 0 saturated carbocycles. The van der Waals surface area contributed by atoms with Gasteiger partial charge in [0.25, 0.3) is 5.78 Å². The van der Waals surface area contributed by atoms with Crippen molar-refractivity contribution in [3.63, 3.8) is 0 Å². The quantitative estimate of drug-likeness (QED) is 0.427. The predicted molar refractivity (Wildman–Crippen MR) is 120 cm³/mol.